The van der Waals surface area contributed by atoms with Gasteiger partial charge in [0.1, 0.15) is 6.29 Å². The lowest BCUT2D eigenvalue weighted by Gasteiger charge is -2.00. The van der Waals surface area contributed by atoms with Crippen molar-refractivity contribution in [3.8, 4) is 0 Å². The van der Waals surface area contributed by atoms with Gasteiger partial charge in [0.25, 0.3) is 0 Å². The summed E-state index contributed by atoms with van der Waals surface area (Å²) < 4.78 is 0. The predicted molar refractivity (Wildman–Crippen MR) is 35.1 cm³/mol. The molecule has 2 nitrogen and oxygen atoms in total. The first-order chi connectivity index (χ1) is 3.81. The molecule has 0 aliphatic carbocycles. The fraction of sp³-hybridized carbons (Fsp3) is 0.800. The van der Waals surface area contributed by atoms with Crippen LogP contribution in [0.4, 0.5) is 0 Å². The number of halogens is 1. The lowest BCUT2D eigenvalue weighted by atomic mass is 10.2. The van der Waals surface area contributed by atoms with E-state index in [1.807, 2.05) is 0 Å². The number of hydrogen-bond acceptors (Lipinski definition) is 2. The van der Waals surface area contributed by atoms with E-state index in [-0.39, 0.29) is 6.10 Å². The smallest absolute Gasteiger partial charge is 0.120 e. The van der Waals surface area contributed by atoms with Gasteiger partial charge in [0.2, 0.25) is 0 Å². The zero-order valence-electron chi connectivity index (χ0n) is 4.51. The van der Waals surface area contributed by atoms with Crippen LogP contribution >= 0.6 is 15.9 Å². The van der Waals surface area contributed by atoms with Crippen molar-refractivity contribution in [3.05, 3.63) is 0 Å². The number of carbonyl (C=O) groups is 1. The van der Waals surface area contributed by atoms with E-state index in [4.69, 9.17) is 5.11 Å². The van der Waals surface area contributed by atoms with Crippen molar-refractivity contribution in [1.29, 1.82) is 0 Å². The predicted octanol–water partition coefficient (Wildman–Crippen LogP) is 0.721. The Balaban J connectivity index is 2.97. The average molecular weight is 181 g/mol. The number of rotatable bonds is 4. The Hall–Kier alpha value is 0.110. The van der Waals surface area contributed by atoms with Gasteiger partial charge in [-0.25, -0.2) is 0 Å². The first-order valence-corrected chi connectivity index (χ1v) is 3.61. The maximum absolute atomic E-state index is 9.70. The van der Waals surface area contributed by atoms with Crippen LogP contribution in [0.1, 0.15) is 12.8 Å². The molecule has 0 heterocycles. The summed E-state index contributed by atoms with van der Waals surface area (Å²) in [5, 5.41) is 9.34. The lowest BCUT2D eigenvalue weighted by Crippen LogP contribution is -2.06. The third-order valence-corrected chi connectivity index (χ3v) is 1.54. The zero-order valence-corrected chi connectivity index (χ0v) is 6.10. The minimum Gasteiger partial charge on any atom is -0.392 e. The van der Waals surface area contributed by atoms with Gasteiger partial charge in [0.05, 0.1) is 6.10 Å². The quantitative estimate of drug-likeness (QED) is 0.512. The topological polar surface area (TPSA) is 37.3 Å². The van der Waals surface area contributed by atoms with Crippen LogP contribution in [0.5, 0.6) is 0 Å². The highest BCUT2D eigenvalue weighted by Crippen LogP contribution is 1.97. The molecule has 0 saturated heterocycles. The average Bonchev–Trinajstić information content (AvgIpc) is 1.83. The molecule has 0 spiro atoms. The van der Waals surface area contributed by atoms with E-state index in [9.17, 15) is 4.79 Å². The molecule has 0 aromatic rings. The number of carbonyl (C=O) groups excluding carboxylic acids is 1. The SMILES string of the molecule is O=CCCC(O)CBr. The summed E-state index contributed by atoms with van der Waals surface area (Å²) in [4.78, 5) is 9.70. The van der Waals surface area contributed by atoms with Gasteiger partial charge < -0.3 is 9.90 Å². The highest BCUT2D eigenvalue weighted by molar-refractivity contribution is 9.09. The van der Waals surface area contributed by atoms with Crippen molar-refractivity contribution < 1.29 is 9.90 Å². The second-order valence-electron chi connectivity index (χ2n) is 1.55. The van der Waals surface area contributed by atoms with Crippen molar-refractivity contribution in [2.45, 2.75) is 18.9 Å². The fourth-order valence-corrected chi connectivity index (χ4v) is 0.661. The highest BCUT2D eigenvalue weighted by Gasteiger charge is 1.98. The monoisotopic (exact) mass is 180 g/mol. The van der Waals surface area contributed by atoms with Gasteiger partial charge in [-0.2, -0.15) is 0 Å². The molecule has 1 N–H and O–H groups in total. The summed E-state index contributed by atoms with van der Waals surface area (Å²) in [7, 11) is 0. The molecule has 0 fully saturated rings. The molecule has 0 rings (SSSR count). The molecule has 0 saturated carbocycles. The van der Waals surface area contributed by atoms with Crippen LogP contribution < -0.4 is 0 Å². The Bertz CT molecular complexity index is 65.4. The summed E-state index contributed by atoms with van der Waals surface area (Å²) >= 11 is 3.08. The Morgan fingerprint density at radius 2 is 2.38 bits per heavy atom. The Morgan fingerprint density at radius 3 is 2.75 bits per heavy atom. The van der Waals surface area contributed by atoms with Crippen molar-refractivity contribution in [3.63, 3.8) is 0 Å². The van der Waals surface area contributed by atoms with Gasteiger partial charge in [0, 0.05) is 11.8 Å². The first kappa shape index (κ1) is 8.11. The van der Waals surface area contributed by atoms with Crippen molar-refractivity contribution >= 4 is 22.2 Å². The molecule has 1 unspecified atom stereocenters. The first-order valence-electron chi connectivity index (χ1n) is 2.49. The lowest BCUT2D eigenvalue weighted by molar-refractivity contribution is -0.108. The van der Waals surface area contributed by atoms with E-state index in [1.54, 1.807) is 0 Å². The number of aliphatic hydroxyl groups is 1. The van der Waals surface area contributed by atoms with E-state index in [1.165, 1.54) is 0 Å². The minimum absolute atomic E-state index is 0.361. The third-order valence-electron chi connectivity index (χ3n) is 0.796. The second kappa shape index (κ2) is 5.25. The van der Waals surface area contributed by atoms with Gasteiger partial charge in [-0.15, -0.1) is 0 Å². The van der Waals surface area contributed by atoms with Crippen LogP contribution in [0.2, 0.25) is 0 Å². The molecule has 8 heavy (non-hydrogen) atoms. The molecule has 0 aromatic heterocycles. The van der Waals surface area contributed by atoms with Crippen LogP contribution in [-0.2, 0) is 4.79 Å². The maximum Gasteiger partial charge on any atom is 0.120 e. The summed E-state index contributed by atoms with van der Waals surface area (Å²) in [5.41, 5.74) is 0. The van der Waals surface area contributed by atoms with Crippen LogP contribution in [0.3, 0.4) is 0 Å². The maximum atomic E-state index is 9.70. The number of aliphatic hydroxyl groups excluding tert-OH is 1. The molecular formula is C5H9BrO2. The summed E-state index contributed by atoms with van der Waals surface area (Å²) in [5.74, 6) is 0. The largest absolute Gasteiger partial charge is 0.392 e. The van der Waals surface area contributed by atoms with Crippen LogP contribution in [0.25, 0.3) is 0 Å². The molecule has 1 atom stereocenters. The highest BCUT2D eigenvalue weighted by atomic mass is 79.9. The van der Waals surface area contributed by atoms with Gasteiger partial charge in [-0.1, -0.05) is 15.9 Å². The molecule has 0 aliphatic heterocycles. The van der Waals surface area contributed by atoms with Gasteiger partial charge in [-0.05, 0) is 6.42 Å². The molecular weight excluding hydrogens is 172 g/mol. The van der Waals surface area contributed by atoms with Crippen molar-refractivity contribution in [1.82, 2.24) is 0 Å². The Kier molecular flexibility index (Phi) is 5.32. The molecule has 3 heteroatoms. The van der Waals surface area contributed by atoms with E-state index < -0.39 is 0 Å². The number of aldehydes is 1. The zero-order chi connectivity index (χ0) is 6.41. The summed E-state index contributed by atoms with van der Waals surface area (Å²) in [6.45, 7) is 0. The van der Waals surface area contributed by atoms with Gasteiger partial charge in [0.15, 0.2) is 0 Å². The van der Waals surface area contributed by atoms with Crippen LogP contribution in [-0.4, -0.2) is 22.8 Å². The number of hydrogen-bond donors (Lipinski definition) is 1. The molecule has 48 valence electrons. The van der Waals surface area contributed by atoms with Gasteiger partial charge in [-0.3, -0.25) is 0 Å². The normalized spacial score (nSPS) is 13.2. The standard InChI is InChI=1S/C5H9BrO2/c6-4-5(8)2-1-3-7/h3,5,8H,1-2,4H2. The Labute approximate surface area is 57.0 Å². The molecule has 0 radical (unpaired) electrons. The fourth-order valence-electron chi connectivity index (χ4n) is 0.338. The van der Waals surface area contributed by atoms with Gasteiger partial charge >= 0.3 is 0 Å². The van der Waals surface area contributed by atoms with E-state index in [0.717, 1.165) is 6.29 Å². The second-order valence-corrected chi connectivity index (χ2v) is 2.20. The third kappa shape index (κ3) is 4.27. The van der Waals surface area contributed by atoms with E-state index in [0.29, 0.717) is 18.2 Å². The molecule has 0 bridgehead atoms. The van der Waals surface area contributed by atoms with Crippen molar-refractivity contribution in [2.24, 2.45) is 0 Å². The van der Waals surface area contributed by atoms with Crippen molar-refractivity contribution in [2.75, 3.05) is 5.33 Å². The minimum atomic E-state index is -0.361. The summed E-state index contributed by atoms with van der Waals surface area (Å²) in [6, 6.07) is 0. The molecule has 0 aliphatic rings. The van der Waals surface area contributed by atoms with E-state index >= 15 is 0 Å². The van der Waals surface area contributed by atoms with E-state index in [2.05, 4.69) is 15.9 Å². The summed E-state index contributed by atoms with van der Waals surface area (Å²) in [6.07, 6.45) is 1.47. The van der Waals surface area contributed by atoms with Crippen LogP contribution in [0.15, 0.2) is 0 Å². The number of alkyl halides is 1. The Morgan fingerprint density at radius 1 is 1.75 bits per heavy atom. The molecule has 0 amide bonds. The van der Waals surface area contributed by atoms with Crippen LogP contribution in [0, 0.1) is 0 Å². The molecule has 0 aromatic carbocycles.